The molecule has 0 unspecified atom stereocenters. The van der Waals surface area contributed by atoms with Gasteiger partial charge >= 0.3 is 0 Å². The highest BCUT2D eigenvalue weighted by Crippen LogP contribution is 2.39. The van der Waals surface area contributed by atoms with Gasteiger partial charge in [-0.3, -0.25) is 9.69 Å². The van der Waals surface area contributed by atoms with Crippen LogP contribution in [-0.4, -0.2) is 42.4 Å². The minimum Gasteiger partial charge on any atom is -0.507 e. The van der Waals surface area contributed by atoms with Crippen molar-refractivity contribution >= 4 is 11.0 Å². The highest BCUT2D eigenvalue weighted by Gasteiger charge is 2.22. The Balaban J connectivity index is 2.30. The van der Waals surface area contributed by atoms with Crippen molar-refractivity contribution in [1.82, 2.24) is 4.90 Å². The summed E-state index contributed by atoms with van der Waals surface area (Å²) in [5.74, 6) is 0.445. The molecular weight excluding hydrogens is 374 g/mol. The number of hydrogen-bond acceptors (Lipinski definition) is 7. The monoisotopic (exact) mass is 399 g/mol. The number of methoxy groups -OCH3 is 2. The second-order valence-electron chi connectivity index (χ2n) is 6.58. The Morgan fingerprint density at radius 1 is 1.03 bits per heavy atom. The molecule has 0 radical (unpaired) electrons. The van der Waals surface area contributed by atoms with E-state index in [1.54, 1.807) is 18.2 Å². The fourth-order valence-electron chi connectivity index (χ4n) is 3.29. The predicted octanol–water partition coefficient (Wildman–Crippen LogP) is 3.73. The Morgan fingerprint density at radius 3 is 2.38 bits per heavy atom. The van der Waals surface area contributed by atoms with E-state index >= 15 is 0 Å². The smallest absolute Gasteiger partial charge is 0.235 e. The van der Waals surface area contributed by atoms with Gasteiger partial charge < -0.3 is 24.1 Å². The van der Waals surface area contributed by atoms with Crippen molar-refractivity contribution in [3.63, 3.8) is 0 Å². The lowest BCUT2D eigenvalue weighted by Crippen LogP contribution is -2.22. The van der Waals surface area contributed by atoms with Crippen molar-refractivity contribution in [3.8, 4) is 34.3 Å². The number of aromatic hydroxyl groups is 2. The number of hydrogen-bond donors (Lipinski definition) is 2. The summed E-state index contributed by atoms with van der Waals surface area (Å²) in [6, 6.07) is 7.87. The predicted molar refractivity (Wildman–Crippen MR) is 111 cm³/mol. The molecule has 3 rings (SSSR count). The first-order valence-corrected chi connectivity index (χ1v) is 9.40. The SMILES string of the molecule is CCN(CC)Cc1c(O)ccc2c(=O)c(O)c(-c3ccc(OC)cc3OC)oc12. The van der Waals surface area contributed by atoms with Gasteiger partial charge in [0.15, 0.2) is 5.76 Å². The van der Waals surface area contributed by atoms with Crippen molar-refractivity contribution in [2.75, 3.05) is 27.3 Å². The first kappa shape index (κ1) is 20.5. The quantitative estimate of drug-likeness (QED) is 0.625. The third kappa shape index (κ3) is 3.73. The van der Waals surface area contributed by atoms with Crippen molar-refractivity contribution in [2.24, 2.45) is 0 Å². The standard InChI is InChI=1S/C22H25NO6/c1-5-23(6-2)12-16-17(24)10-9-15-19(25)20(26)22(29-21(15)16)14-8-7-13(27-3)11-18(14)28-4/h7-11,24,26H,5-6,12H2,1-4H3. The maximum absolute atomic E-state index is 12.9. The van der Waals surface area contributed by atoms with Crippen LogP contribution in [0, 0.1) is 0 Å². The fourth-order valence-corrected chi connectivity index (χ4v) is 3.29. The van der Waals surface area contributed by atoms with Crippen LogP contribution in [0.3, 0.4) is 0 Å². The van der Waals surface area contributed by atoms with E-state index in [1.807, 2.05) is 13.8 Å². The summed E-state index contributed by atoms with van der Waals surface area (Å²) in [5, 5.41) is 21.2. The highest BCUT2D eigenvalue weighted by atomic mass is 16.5. The fraction of sp³-hybridized carbons (Fsp3) is 0.318. The Labute approximate surface area is 168 Å². The maximum atomic E-state index is 12.9. The number of fused-ring (bicyclic) bond motifs is 1. The maximum Gasteiger partial charge on any atom is 0.235 e. The van der Waals surface area contributed by atoms with Crippen molar-refractivity contribution in [3.05, 3.63) is 46.1 Å². The van der Waals surface area contributed by atoms with E-state index in [-0.39, 0.29) is 22.5 Å². The molecule has 0 bridgehead atoms. The molecule has 3 aromatic rings. The summed E-state index contributed by atoms with van der Waals surface area (Å²) in [5.41, 5.74) is 0.575. The van der Waals surface area contributed by atoms with Gasteiger partial charge in [-0.2, -0.15) is 0 Å². The van der Waals surface area contributed by atoms with E-state index in [0.717, 1.165) is 13.1 Å². The second-order valence-corrected chi connectivity index (χ2v) is 6.58. The molecule has 29 heavy (non-hydrogen) atoms. The van der Waals surface area contributed by atoms with Gasteiger partial charge in [0, 0.05) is 12.6 Å². The molecule has 0 amide bonds. The van der Waals surface area contributed by atoms with E-state index in [1.165, 1.54) is 26.4 Å². The van der Waals surface area contributed by atoms with Gasteiger partial charge in [-0.05, 0) is 37.4 Å². The van der Waals surface area contributed by atoms with Gasteiger partial charge in [0.25, 0.3) is 0 Å². The highest BCUT2D eigenvalue weighted by molar-refractivity contribution is 5.86. The largest absolute Gasteiger partial charge is 0.507 e. The minimum atomic E-state index is -0.570. The molecule has 2 aromatic carbocycles. The van der Waals surface area contributed by atoms with Crippen LogP contribution in [0.5, 0.6) is 23.0 Å². The van der Waals surface area contributed by atoms with E-state index in [9.17, 15) is 15.0 Å². The molecule has 7 heteroatoms. The third-order valence-electron chi connectivity index (χ3n) is 5.04. The van der Waals surface area contributed by atoms with Crippen LogP contribution >= 0.6 is 0 Å². The van der Waals surface area contributed by atoms with Gasteiger partial charge in [-0.15, -0.1) is 0 Å². The molecule has 7 nitrogen and oxygen atoms in total. The Morgan fingerprint density at radius 2 is 1.76 bits per heavy atom. The Kier molecular flexibility index (Phi) is 5.98. The van der Waals surface area contributed by atoms with Crippen LogP contribution in [0.15, 0.2) is 39.5 Å². The normalized spacial score (nSPS) is 11.2. The summed E-state index contributed by atoms with van der Waals surface area (Å²) >= 11 is 0. The molecule has 0 atom stereocenters. The molecule has 0 saturated heterocycles. The first-order valence-electron chi connectivity index (χ1n) is 9.40. The van der Waals surface area contributed by atoms with Gasteiger partial charge in [0.1, 0.15) is 22.8 Å². The summed E-state index contributed by atoms with van der Waals surface area (Å²) in [6.45, 7) is 5.98. The van der Waals surface area contributed by atoms with Crippen LogP contribution in [0.4, 0.5) is 0 Å². The molecule has 0 aliphatic rings. The summed E-state index contributed by atoms with van der Waals surface area (Å²) in [7, 11) is 3.01. The van der Waals surface area contributed by atoms with Gasteiger partial charge in [-0.1, -0.05) is 13.8 Å². The zero-order valence-corrected chi connectivity index (χ0v) is 17.0. The molecule has 0 spiro atoms. The Hall–Kier alpha value is -3.19. The van der Waals surface area contributed by atoms with Gasteiger partial charge in [0.05, 0.1) is 30.7 Å². The summed E-state index contributed by atoms with van der Waals surface area (Å²) in [6.07, 6.45) is 0. The van der Waals surface area contributed by atoms with Gasteiger partial charge in [-0.25, -0.2) is 0 Å². The lowest BCUT2D eigenvalue weighted by atomic mass is 10.1. The molecular formula is C22H25NO6. The zero-order valence-electron chi connectivity index (χ0n) is 17.0. The average Bonchev–Trinajstić information content (AvgIpc) is 2.75. The van der Waals surface area contributed by atoms with E-state index < -0.39 is 11.2 Å². The average molecular weight is 399 g/mol. The van der Waals surface area contributed by atoms with Gasteiger partial charge in [0.2, 0.25) is 11.2 Å². The first-order chi connectivity index (χ1) is 13.9. The molecule has 0 aliphatic heterocycles. The lowest BCUT2D eigenvalue weighted by Gasteiger charge is -2.20. The molecule has 0 aliphatic carbocycles. The molecule has 0 fully saturated rings. The van der Waals surface area contributed by atoms with Crippen LogP contribution in [-0.2, 0) is 6.54 Å². The summed E-state index contributed by atoms with van der Waals surface area (Å²) in [4.78, 5) is 15.0. The molecule has 1 heterocycles. The molecule has 0 saturated carbocycles. The van der Waals surface area contributed by atoms with E-state index in [4.69, 9.17) is 13.9 Å². The number of benzene rings is 2. The van der Waals surface area contributed by atoms with Crippen molar-refractivity contribution in [1.29, 1.82) is 0 Å². The topological polar surface area (TPSA) is 92.4 Å². The van der Waals surface area contributed by atoms with Crippen LogP contribution < -0.4 is 14.9 Å². The number of rotatable bonds is 7. The van der Waals surface area contributed by atoms with E-state index in [0.29, 0.717) is 29.2 Å². The Bertz CT molecular complexity index is 1080. The third-order valence-corrected chi connectivity index (χ3v) is 5.04. The zero-order chi connectivity index (χ0) is 21.1. The molecule has 2 N–H and O–H groups in total. The lowest BCUT2D eigenvalue weighted by molar-refractivity contribution is 0.290. The van der Waals surface area contributed by atoms with Crippen LogP contribution in [0.25, 0.3) is 22.3 Å². The number of phenols is 1. The van der Waals surface area contributed by atoms with Crippen molar-refractivity contribution in [2.45, 2.75) is 20.4 Å². The number of phenolic OH excluding ortho intramolecular Hbond substituents is 1. The summed E-state index contributed by atoms with van der Waals surface area (Å²) < 4.78 is 16.6. The molecule has 1 aromatic heterocycles. The molecule has 154 valence electrons. The number of ether oxygens (including phenoxy) is 2. The van der Waals surface area contributed by atoms with Crippen molar-refractivity contribution < 1.29 is 24.1 Å². The second kappa shape index (κ2) is 8.45. The number of nitrogens with zero attached hydrogens (tertiary/aromatic N) is 1. The van der Waals surface area contributed by atoms with E-state index in [2.05, 4.69) is 4.90 Å². The van der Waals surface area contributed by atoms with Crippen LogP contribution in [0.1, 0.15) is 19.4 Å². The minimum absolute atomic E-state index is 0.0200. The van der Waals surface area contributed by atoms with Crippen LogP contribution in [0.2, 0.25) is 0 Å².